The number of anilines is 3. The van der Waals surface area contributed by atoms with Crippen molar-refractivity contribution >= 4 is 27.8 Å². The molecule has 0 bridgehead atoms. The monoisotopic (exact) mass is 775 g/mol. The number of benzene rings is 10. The SMILES string of the molecule is c1ccc(C2c3ccccc3-c3ccc(N(c4ccccc4)c4ccc(-c5ccc6c(c5)C(c5ccccc5)(c5ccccc5)c5cc7ccccc7cc5-6)cc4)cc32)cc1. The zero-order valence-electron chi connectivity index (χ0n) is 33.6. The molecule has 61 heavy (non-hydrogen) atoms. The first-order chi connectivity index (χ1) is 30.3. The van der Waals surface area contributed by atoms with Crippen LogP contribution < -0.4 is 4.90 Å². The van der Waals surface area contributed by atoms with Crippen LogP contribution in [0.2, 0.25) is 0 Å². The Kier molecular flexibility index (Phi) is 8.21. The third kappa shape index (κ3) is 5.55. The van der Waals surface area contributed by atoms with Crippen molar-refractivity contribution in [3.8, 4) is 33.4 Å². The second kappa shape index (κ2) is 14.2. The second-order valence-electron chi connectivity index (χ2n) is 16.4. The lowest BCUT2D eigenvalue weighted by molar-refractivity contribution is 0.770. The van der Waals surface area contributed by atoms with Crippen LogP contribution in [-0.2, 0) is 5.41 Å². The van der Waals surface area contributed by atoms with Crippen molar-refractivity contribution in [2.45, 2.75) is 11.3 Å². The maximum Gasteiger partial charge on any atom is 0.0714 e. The molecule has 1 atom stereocenters. The molecule has 1 nitrogen and oxygen atoms in total. The van der Waals surface area contributed by atoms with E-state index in [4.69, 9.17) is 0 Å². The molecule has 0 radical (unpaired) electrons. The second-order valence-corrected chi connectivity index (χ2v) is 16.4. The third-order valence-corrected chi connectivity index (χ3v) is 13.2. The van der Waals surface area contributed by atoms with Crippen LogP contribution in [0.1, 0.15) is 44.9 Å². The predicted octanol–water partition coefficient (Wildman–Crippen LogP) is 15.5. The molecule has 0 spiro atoms. The first-order valence-corrected chi connectivity index (χ1v) is 21.3. The van der Waals surface area contributed by atoms with E-state index < -0.39 is 5.41 Å². The van der Waals surface area contributed by atoms with Crippen LogP contribution >= 0.6 is 0 Å². The molecule has 0 N–H and O–H groups in total. The fourth-order valence-corrected chi connectivity index (χ4v) is 10.5. The number of para-hydroxylation sites is 1. The minimum Gasteiger partial charge on any atom is -0.310 e. The van der Waals surface area contributed by atoms with E-state index >= 15 is 0 Å². The Bertz CT molecular complexity index is 3190. The van der Waals surface area contributed by atoms with Gasteiger partial charge in [0.2, 0.25) is 0 Å². The number of nitrogens with zero attached hydrogens (tertiary/aromatic N) is 1. The van der Waals surface area contributed by atoms with Crippen LogP contribution in [0.4, 0.5) is 17.1 Å². The van der Waals surface area contributed by atoms with Gasteiger partial charge in [0.25, 0.3) is 0 Å². The van der Waals surface area contributed by atoms with Crippen LogP contribution in [0.15, 0.2) is 243 Å². The molecular weight excluding hydrogens is 735 g/mol. The molecule has 2 aliphatic rings. The topological polar surface area (TPSA) is 3.24 Å². The van der Waals surface area contributed by atoms with Gasteiger partial charge in [-0.2, -0.15) is 0 Å². The van der Waals surface area contributed by atoms with E-state index in [1.54, 1.807) is 0 Å². The van der Waals surface area contributed by atoms with Crippen molar-refractivity contribution < 1.29 is 0 Å². The molecule has 286 valence electrons. The van der Waals surface area contributed by atoms with Gasteiger partial charge in [-0.25, -0.2) is 0 Å². The first kappa shape index (κ1) is 35.2. The molecule has 0 amide bonds. The zero-order chi connectivity index (χ0) is 40.3. The van der Waals surface area contributed by atoms with E-state index in [0.29, 0.717) is 0 Å². The Morgan fingerprint density at radius 3 is 1.52 bits per heavy atom. The summed E-state index contributed by atoms with van der Waals surface area (Å²) in [7, 11) is 0. The molecule has 10 aromatic rings. The van der Waals surface area contributed by atoms with Crippen LogP contribution in [-0.4, -0.2) is 0 Å². The molecule has 0 saturated carbocycles. The Labute approximate surface area is 357 Å². The van der Waals surface area contributed by atoms with Crippen LogP contribution in [0, 0.1) is 0 Å². The zero-order valence-corrected chi connectivity index (χ0v) is 33.6. The van der Waals surface area contributed by atoms with Gasteiger partial charge in [-0.05, 0) is 138 Å². The van der Waals surface area contributed by atoms with Crippen LogP contribution in [0.25, 0.3) is 44.2 Å². The van der Waals surface area contributed by atoms with E-state index in [1.807, 2.05) is 0 Å². The quantitative estimate of drug-likeness (QED) is 0.156. The number of hydrogen-bond acceptors (Lipinski definition) is 1. The van der Waals surface area contributed by atoms with E-state index in [-0.39, 0.29) is 5.92 Å². The van der Waals surface area contributed by atoms with Crippen LogP contribution in [0.5, 0.6) is 0 Å². The highest BCUT2D eigenvalue weighted by Gasteiger charge is 2.46. The highest BCUT2D eigenvalue weighted by atomic mass is 15.1. The molecule has 1 heteroatoms. The predicted molar refractivity (Wildman–Crippen MR) is 254 cm³/mol. The maximum absolute atomic E-state index is 2.46. The Balaban J connectivity index is 0.992. The van der Waals surface area contributed by atoms with Crippen molar-refractivity contribution in [3.05, 3.63) is 282 Å². The minimum atomic E-state index is -0.484. The lowest BCUT2D eigenvalue weighted by atomic mass is 9.67. The lowest BCUT2D eigenvalue weighted by Gasteiger charge is -2.34. The molecule has 0 aliphatic heterocycles. The summed E-state index contributed by atoms with van der Waals surface area (Å²) in [6.45, 7) is 0. The average molecular weight is 776 g/mol. The Morgan fingerprint density at radius 2 is 0.820 bits per heavy atom. The van der Waals surface area contributed by atoms with E-state index in [0.717, 1.165) is 17.1 Å². The summed E-state index contributed by atoms with van der Waals surface area (Å²) in [6, 6.07) is 89.8. The van der Waals surface area contributed by atoms with Gasteiger partial charge in [-0.1, -0.05) is 188 Å². The molecule has 12 rings (SSSR count). The van der Waals surface area contributed by atoms with Gasteiger partial charge in [-0.3, -0.25) is 0 Å². The fraction of sp³-hybridized carbons (Fsp3) is 0.0333. The van der Waals surface area contributed by atoms with Crippen molar-refractivity contribution in [2.75, 3.05) is 4.90 Å². The first-order valence-electron chi connectivity index (χ1n) is 21.3. The summed E-state index contributed by atoms with van der Waals surface area (Å²) in [5, 5.41) is 2.52. The molecular formula is C60H41N. The van der Waals surface area contributed by atoms with Gasteiger partial charge in [-0.15, -0.1) is 0 Å². The van der Waals surface area contributed by atoms with Crippen molar-refractivity contribution in [1.82, 2.24) is 0 Å². The highest BCUT2D eigenvalue weighted by Crippen LogP contribution is 2.58. The molecule has 0 heterocycles. The minimum absolute atomic E-state index is 0.176. The lowest BCUT2D eigenvalue weighted by Crippen LogP contribution is -2.28. The molecule has 1 unspecified atom stereocenters. The molecule has 10 aromatic carbocycles. The maximum atomic E-state index is 2.46. The van der Waals surface area contributed by atoms with E-state index in [2.05, 4.69) is 248 Å². The summed E-state index contributed by atoms with van der Waals surface area (Å²) in [5.74, 6) is 0.176. The van der Waals surface area contributed by atoms with Crippen molar-refractivity contribution in [3.63, 3.8) is 0 Å². The van der Waals surface area contributed by atoms with Gasteiger partial charge >= 0.3 is 0 Å². The summed E-state index contributed by atoms with van der Waals surface area (Å²) >= 11 is 0. The number of rotatable bonds is 7. The van der Waals surface area contributed by atoms with Gasteiger partial charge in [0, 0.05) is 23.0 Å². The average Bonchev–Trinajstić information content (AvgIpc) is 3.82. The summed E-state index contributed by atoms with van der Waals surface area (Å²) in [4.78, 5) is 2.40. The fourth-order valence-electron chi connectivity index (χ4n) is 10.5. The number of hydrogen-bond donors (Lipinski definition) is 0. The third-order valence-electron chi connectivity index (χ3n) is 13.2. The number of fused-ring (bicyclic) bond motifs is 7. The Morgan fingerprint density at radius 1 is 0.311 bits per heavy atom. The normalized spacial score (nSPS) is 14.2. The molecule has 0 fully saturated rings. The summed E-state index contributed by atoms with van der Waals surface area (Å²) in [6.07, 6.45) is 0. The van der Waals surface area contributed by atoms with E-state index in [9.17, 15) is 0 Å². The van der Waals surface area contributed by atoms with Gasteiger partial charge in [0.15, 0.2) is 0 Å². The van der Waals surface area contributed by atoms with Gasteiger partial charge in [0.1, 0.15) is 0 Å². The van der Waals surface area contributed by atoms with Gasteiger partial charge < -0.3 is 4.90 Å². The van der Waals surface area contributed by atoms with Crippen molar-refractivity contribution in [2.24, 2.45) is 0 Å². The molecule has 2 aliphatic carbocycles. The Hall–Kier alpha value is -7.74. The summed E-state index contributed by atoms with van der Waals surface area (Å²) < 4.78 is 0. The molecule has 0 saturated heterocycles. The van der Waals surface area contributed by atoms with Crippen LogP contribution in [0.3, 0.4) is 0 Å². The van der Waals surface area contributed by atoms with Gasteiger partial charge in [0.05, 0.1) is 5.41 Å². The molecule has 0 aromatic heterocycles. The van der Waals surface area contributed by atoms with E-state index in [1.165, 1.54) is 83.1 Å². The van der Waals surface area contributed by atoms with Crippen molar-refractivity contribution in [1.29, 1.82) is 0 Å². The smallest absolute Gasteiger partial charge is 0.0714 e. The standard InChI is InChI=1S/C60H41N/c1-5-17-42(18-6-1)59-54-28-16-15-27-51(54)52-36-34-50(40-56(52)59)61(48-25-11-4-12-26-48)49-32-29-41(30-33-49)45-31-35-53-55-37-43-19-13-14-20-44(43)38-58(55)60(57(53)39-45,46-21-7-2-8-22-46)47-23-9-3-10-24-47/h1-40,59H. The summed E-state index contributed by atoms with van der Waals surface area (Å²) in [5.41, 5.74) is 19.7. The largest absolute Gasteiger partial charge is 0.310 e. The highest BCUT2D eigenvalue weighted by molar-refractivity contribution is 5.97.